The van der Waals surface area contributed by atoms with Crippen molar-refractivity contribution in [3.63, 3.8) is 0 Å². The van der Waals surface area contributed by atoms with Crippen molar-refractivity contribution >= 4 is 11.6 Å². The van der Waals surface area contributed by atoms with Gasteiger partial charge >= 0.3 is 0 Å². The van der Waals surface area contributed by atoms with Crippen molar-refractivity contribution in [1.29, 1.82) is 0 Å². The van der Waals surface area contributed by atoms with E-state index in [4.69, 9.17) is 0 Å². The van der Waals surface area contributed by atoms with Crippen LogP contribution in [0.25, 0.3) is 0 Å². The molecule has 1 aromatic heterocycles. The molecule has 2 aromatic rings. The van der Waals surface area contributed by atoms with Crippen molar-refractivity contribution in [3.8, 4) is 0 Å². The minimum absolute atomic E-state index is 0.00714. The second kappa shape index (κ2) is 6.70. The molecule has 2 rings (SSSR count). The van der Waals surface area contributed by atoms with Crippen LogP contribution < -0.4 is 10.6 Å². The molecular formula is C16H19N3O. The summed E-state index contributed by atoms with van der Waals surface area (Å²) in [6.45, 7) is 2.66. The fraction of sp³-hybridized carbons (Fsp3) is 0.250. The van der Waals surface area contributed by atoms with Crippen LogP contribution in [0.3, 0.4) is 0 Å². The van der Waals surface area contributed by atoms with Crippen molar-refractivity contribution in [2.24, 2.45) is 0 Å². The van der Waals surface area contributed by atoms with Gasteiger partial charge in [-0.05, 0) is 30.2 Å². The molecule has 1 amide bonds. The third kappa shape index (κ3) is 3.82. The lowest BCUT2D eigenvalue weighted by Gasteiger charge is -2.11. The number of nitrogens with one attached hydrogen (secondary N) is 2. The van der Waals surface area contributed by atoms with Crippen molar-refractivity contribution in [2.45, 2.75) is 19.9 Å². The molecule has 2 N–H and O–H groups in total. The third-order valence-corrected chi connectivity index (χ3v) is 3.08. The number of hydrogen-bond donors (Lipinski definition) is 2. The Bertz CT molecular complexity index is 579. The number of pyridine rings is 1. The number of nitrogens with zero attached hydrogens (tertiary/aromatic N) is 1. The molecule has 104 valence electrons. The Morgan fingerprint density at radius 1 is 1.20 bits per heavy atom. The van der Waals surface area contributed by atoms with E-state index in [1.807, 2.05) is 49.5 Å². The zero-order chi connectivity index (χ0) is 14.4. The minimum atomic E-state index is 0.00714. The van der Waals surface area contributed by atoms with Gasteiger partial charge in [0.05, 0.1) is 18.7 Å². The first kappa shape index (κ1) is 14.1. The number of carbonyl (C=O) groups is 1. The highest BCUT2D eigenvalue weighted by Crippen LogP contribution is 2.16. The number of aromatic nitrogens is 1. The molecule has 0 aliphatic carbocycles. The smallest absolute Gasteiger partial charge is 0.224 e. The standard InChI is InChI=1S/C16H19N3O/c1-12-7-8-14(18-10-12)11-19-15-6-4-3-5-13(15)9-16(20)17-2/h3-8,10,19H,9,11H2,1-2H3,(H,17,20). The topological polar surface area (TPSA) is 54.0 Å². The lowest BCUT2D eigenvalue weighted by Crippen LogP contribution is -2.20. The van der Waals surface area contributed by atoms with Crippen LogP contribution in [0, 0.1) is 6.92 Å². The molecule has 0 radical (unpaired) electrons. The fourth-order valence-electron chi connectivity index (χ4n) is 1.90. The number of benzene rings is 1. The van der Waals surface area contributed by atoms with Gasteiger partial charge < -0.3 is 10.6 Å². The van der Waals surface area contributed by atoms with Gasteiger partial charge in [0.25, 0.3) is 0 Å². The average Bonchev–Trinajstić information content (AvgIpc) is 2.48. The van der Waals surface area contributed by atoms with Crippen LogP contribution >= 0.6 is 0 Å². The predicted octanol–water partition coefficient (Wildman–Crippen LogP) is 2.29. The summed E-state index contributed by atoms with van der Waals surface area (Å²) in [5, 5.41) is 5.98. The lowest BCUT2D eigenvalue weighted by atomic mass is 10.1. The van der Waals surface area contributed by atoms with Crippen LogP contribution in [-0.4, -0.2) is 17.9 Å². The lowest BCUT2D eigenvalue weighted by molar-refractivity contribution is -0.119. The normalized spacial score (nSPS) is 10.1. The van der Waals surface area contributed by atoms with Crippen LogP contribution in [-0.2, 0) is 17.8 Å². The van der Waals surface area contributed by atoms with Gasteiger partial charge in [-0.3, -0.25) is 9.78 Å². The van der Waals surface area contributed by atoms with Crippen LogP contribution in [0.2, 0.25) is 0 Å². The molecule has 0 saturated carbocycles. The molecule has 0 bridgehead atoms. The fourth-order valence-corrected chi connectivity index (χ4v) is 1.90. The number of amides is 1. The molecule has 0 aliphatic heterocycles. The largest absolute Gasteiger partial charge is 0.379 e. The molecule has 0 unspecified atom stereocenters. The van der Waals surface area contributed by atoms with E-state index in [2.05, 4.69) is 15.6 Å². The van der Waals surface area contributed by atoms with Gasteiger partial charge in [0.1, 0.15) is 0 Å². The van der Waals surface area contributed by atoms with E-state index in [0.717, 1.165) is 22.5 Å². The van der Waals surface area contributed by atoms with E-state index < -0.39 is 0 Å². The Morgan fingerprint density at radius 2 is 2.00 bits per heavy atom. The van der Waals surface area contributed by atoms with E-state index in [-0.39, 0.29) is 5.91 Å². The highest BCUT2D eigenvalue weighted by atomic mass is 16.1. The molecular weight excluding hydrogens is 250 g/mol. The van der Waals surface area contributed by atoms with E-state index in [9.17, 15) is 4.79 Å². The second-order valence-corrected chi connectivity index (χ2v) is 4.69. The first-order chi connectivity index (χ1) is 9.69. The Kier molecular flexibility index (Phi) is 4.71. The summed E-state index contributed by atoms with van der Waals surface area (Å²) >= 11 is 0. The van der Waals surface area contributed by atoms with Gasteiger partial charge in [-0.2, -0.15) is 0 Å². The molecule has 0 atom stereocenters. The zero-order valence-electron chi connectivity index (χ0n) is 11.8. The maximum atomic E-state index is 11.5. The average molecular weight is 269 g/mol. The van der Waals surface area contributed by atoms with E-state index in [1.165, 1.54) is 0 Å². The van der Waals surface area contributed by atoms with Crippen molar-refractivity contribution in [2.75, 3.05) is 12.4 Å². The third-order valence-electron chi connectivity index (χ3n) is 3.08. The molecule has 20 heavy (non-hydrogen) atoms. The molecule has 0 saturated heterocycles. The van der Waals surface area contributed by atoms with Crippen LogP contribution in [0.1, 0.15) is 16.8 Å². The van der Waals surface area contributed by atoms with E-state index >= 15 is 0 Å². The predicted molar refractivity (Wildman–Crippen MR) is 80.5 cm³/mol. The first-order valence-corrected chi connectivity index (χ1v) is 6.63. The zero-order valence-corrected chi connectivity index (χ0v) is 11.8. The van der Waals surface area contributed by atoms with Crippen LogP contribution in [0.4, 0.5) is 5.69 Å². The number of carbonyl (C=O) groups excluding carboxylic acids is 1. The van der Waals surface area contributed by atoms with Gasteiger partial charge in [0.2, 0.25) is 5.91 Å². The summed E-state index contributed by atoms with van der Waals surface area (Å²) in [5.41, 5.74) is 4.08. The maximum absolute atomic E-state index is 11.5. The number of anilines is 1. The van der Waals surface area contributed by atoms with Gasteiger partial charge in [0, 0.05) is 18.9 Å². The summed E-state index contributed by atoms with van der Waals surface area (Å²) in [7, 11) is 1.65. The maximum Gasteiger partial charge on any atom is 0.224 e. The molecule has 1 heterocycles. The van der Waals surface area contributed by atoms with E-state index in [1.54, 1.807) is 7.05 Å². The Morgan fingerprint density at radius 3 is 2.70 bits per heavy atom. The quantitative estimate of drug-likeness (QED) is 0.875. The van der Waals surface area contributed by atoms with E-state index in [0.29, 0.717) is 13.0 Å². The van der Waals surface area contributed by atoms with Gasteiger partial charge in [-0.1, -0.05) is 24.3 Å². The molecule has 0 fully saturated rings. The minimum Gasteiger partial charge on any atom is -0.379 e. The molecule has 0 spiro atoms. The highest BCUT2D eigenvalue weighted by molar-refractivity contribution is 5.80. The van der Waals surface area contributed by atoms with Crippen molar-refractivity contribution < 1.29 is 4.79 Å². The van der Waals surface area contributed by atoms with Crippen LogP contribution in [0.5, 0.6) is 0 Å². The Balaban J connectivity index is 2.05. The molecule has 1 aromatic carbocycles. The van der Waals surface area contributed by atoms with Gasteiger partial charge in [-0.25, -0.2) is 0 Å². The number of para-hydroxylation sites is 1. The van der Waals surface area contributed by atoms with Crippen molar-refractivity contribution in [1.82, 2.24) is 10.3 Å². The number of rotatable bonds is 5. The number of aryl methyl sites for hydroxylation is 1. The Labute approximate surface area is 119 Å². The number of hydrogen-bond acceptors (Lipinski definition) is 3. The SMILES string of the molecule is CNC(=O)Cc1ccccc1NCc1ccc(C)cn1. The molecule has 4 nitrogen and oxygen atoms in total. The number of likely N-dealkylation sites (N-methyl/N-ethyl adjacent to an activating group) is 1. The molecule has 4 heteroatoms. The summed E-state index contributed by atoms with van der Waals surface area (Å²) < 4.78 is 0. The summed E-state index contributed by atoms with van der Waals surface area (Å²) in [6.07, 6.45) is 2.23. The summed E-state index contributed by atoms with van der Waals surface area (Å²) in [6, 6.07) is 11.9. The second-order valence-electron chi connectivity index (χ2n) is 4.69. The first-order valence-electron chi connectivity index (χ1n) is 6.63. The summed E-state index contributed by atoms with van der Waals surface area (Å²) in [4.78, 5) is 15.9. The van der Waals surface area contributed by atoms with Crippen molar-refractivity contribution in [3.05, 3.63) is 59.4 Å². The summed E-state index contributed by atoms with van der Waals surface area (Å²) in [5.74, 6) is 0.00714. The highest BCUT2D eigenvalue weighted by Gasteiger charge is 2.06. The van der Waals surface area contributed by atoms with Crippen LogP contribution in [0.15, 0.2) is 42.6 Å². The van der Waals surface area contributed by atoms with Gasteiger partial charge in [-0.15, -0.1) is 0 Å². The monoisotopic (exact) mass is 269 g/mol. The van der Waals surface area contributed by atoms with Gasteiger partial charge in [0.15, 0.2) is 0 Å². The Hall–Kier alpha value is -2.36. The molecule has 0 aliphatic rings.